The van der Waals surface area contributed by atoms with E-state index in [0.717, 1.165) is 10.5 Å². The lowest BCUT2D eigenvalue weighted by Crippen LogP contribution is -2.31. The normalized spacial score (nSPS) is 12.6. The number of anilines is 1. The van der Waals surface area contributed by atoms with Crippen molar-refractivity contribution in [2.24, 2.45) is 0 Å². The smallest absolute Gasteiger partial charge is 0.272 e. The molecule has 1 aliphatic rings. The van der Waals surface area contributed by atoms with Crippen LogP contribution in [0.2, 0.25) is 0 Å². The maximum Gasteiger partial charge on any atom is 0.272 e. The highest BCUT2D eigenvalue weighted by Gasteiger charge is 2.34. The first-order chi connectivity index (χ1) is 21.4. The molecule has 0 bridgehead atoms. The van der Waals surface area contributed by atoms with E-state index in [1.54, 1.807) is 90.6 Å². The van der Waals surface area contributed by atoms with Crippen molar-refractivity contribution in [1.29, 1.82) is 0 Å². The first-order valence-electron chi connectivity index (χ1n) is 14.2. The van der Waals surface area contributed by atoms with E-state index >= 15 is 0 Å². The van der Waals surface area contributed by atoms with E-state index in [9.17, 15) is 19.2 Å². The van der Waals surface area contributed by atoms with Gasteiger partial charge >= 0.3 is 0 Å². The first kappa shape index (κ1) is 30.3. The number of fused-ring (bicyclic) bond motifs is 1. The third-order valence-electron chi connectivity index (χ3n) is 6.82. The lowest BCUT2D eigenvalue weighted by Gasteiger charge is -2.13. The Bertz CT molecular complexity index is 1650. The first-order valence-corrected chi connectivity index (χ1v) is 15.2. The van der Waals surface area contributed by atoms with Gasteiger partial charge in [0, 0.05) is 22.7 Å². The summed E-state index contributed by atoms with van der Waals surface area (Å²) in [5, 5.41) is 5.61. The second kappa shape index (κ2) is 14.3. The molecule has 0 fully saturated rings. The minimum atomic E-state index is -0.468. The lowest BCUT2D eigenvalue weighted by molar-refractivity contribution is -0.113. The number of carbonyl (C=O) groups excluding carboxylic acids is 4. The Morgan fingerprint density at radius 1 is 0.818 bits per heavy atom. The van der Waals surface area contributed by atoms with Crippen LogP contribution in [0.3, 0.4) is 0 Å². The zero-order valence-corrected chi connectivity index (χ0v) is 24.9. The number of rotatable bonds is 12. The number of ether oxygens (including phenoxy) is 1. The maximum atomic E-state index is 13.3. The van der Waals surface area contributed by atoms with Crippen molar-refractivity contribution in [2.45, 2.75) is 18.2 Å². The van der Waals surface area contributed by atoms with E-state index in [-0.39, 0.29) is 17.5 Å². The van der Waals surface area contributed by atoms with Crippen LogP contribution in [-0.4, -0.2) is 47.4 Å². The molecule has 4 aromatic rings. The molecule has 0 aromatic heterocycles. The van der Waals surface area contributed by atoms with Crippen molar-refractivity contribution in [2.75, 3.05) is 24.2 Å². The van der Waals surface area contributed by atoms with Gasteiger partial charge in [0.05, 0.1) is 17.7 Å². The number of amides is 4. The van der Waals surface area contributed by atoms with Gasteiger partial charge in [-0.05, 0) is 91.4 Å². The van der Waals surface area contributed by atoms with Crippen molar-refractivity contribution in [3.63, 3.8) is 0 Å². The number of nitrogens with zero attached hydrogens (tertiary/aromatic N) is 1. The zero-order valence-electron chi connectivity index (χ0n) is 24.1. The summed E-state index contributed by atoms with van der Waals surface area (Å²) in [6.45, 7) is 2.80. The fourth-order valence-corrected chi connectivity index (χ4v) is 5.46. The molecule has 222 valence electrons. The van der Waals surface area contributed by atoms with Gasteiger partial charge < -0.3 is 15.4 Å². The van der Waals surface area contributed by atoms with Gasteiger partial charge in [-0.1, -0.05) is 42.5 Å². The van der Waals surface area contributed by atoms with Gasteiger partial charge in [-0.15, -0.1) is 11.8 Å². The summed E-state index contributed by atoms with van der Waals surface area (Å²) in [6, 6.07) is 30.2. The highest BCUT2D eigenvalue weighted by Crippen LogP contribution is 2.25. The number of benzene rings is 4. The van der Waals surface area contributed by atoms with Crippen LogP contribution in [0.5, 0.6) is 5.75 Å². The molecule has 2 N–H and O–H groups in total. The van der Waals surface area contributed by atoms with Gasteiger partial charge in [-0.2, -0.15) is 0 Å². The van der Waals surface area contributed by atoms with Gasteiger partial charge in [-0.25, -0.2) is 0 Å². The number of thioether (sulfide) groups is 1. The predicted molar refractivity (Wildman–Crippen MR) is 172 cm³/mol. The van der Waals surface area contributed by atoms with E-state index in [1.165, 1.54) is 4.90 Å². The molecule has 0 unspecified atom stereocenters. The third kappa shape index (κ3) is 7.43. The molecule has 1 heterocycles. The summed E-state index contributed by atoms with van der Waals surface area (Å²) in [4.78, 5) is 53.6. The number of imide groups is 1. The summed E-state index contributed by atoms with van der Waals surface area (Å²) in [5.74, 6) is 0.0682. The topological polar surface area (TPSA) is 105 Å². The Morgan fingerprint density at radius 2 is 1.45 bits per heavy atom. The predicted octanol–water partition coefficient (Wildman–Crippen LogP) is 6.27. The Balaban J connectivity index is 1.19. The quantitative estimate of drug-likeness (QED) is 0.0854. The van der Waals surface area contributed by atoms with Crippen LogP contribution in [0.4, 0.5) is 5.69 Å². The van der Waals surface area contributed by atoms with Crippen LogP contribution >= 0.6 is 11.8 Å². The van der Waals surface area contributed by atoms with Crippen LogP contribution in [0, 0.1) is 0 Å². The molecule has 44 heavy (non-hydrogen) atoms. The standard InChI is InChI=1S/C35H31N3O5S/c1-2-43-27-17-13-24(14-18-27)23-31(37-32(39)25-9-4-3-5-10-25)33(40)36-26-15-19-28(20-16-26)44-22-8-21-38-34(41)29-11-6-7-12-30(29)35(38)42/h3-7,9-20,23H,2,8,21-22H2,1H3,(H,36,40)(H,37,39)/b31-23-. The molecule has 4 aromatic carbocycles. The molecular weight excluding hydrogens is 574 g/mol. The molecule has 0 saturated heterocycles. The average molecular weight is 606 g/mol. The van der Waals surface area contributed by atoms with Crippen LogP contribution < -0.4 is 15.4 Å². The summed E-state index contributed by atoms with van der Waals surface area (Å²) in [5.41, 5.74) is 2.73. The highest BCUT2D eigenvalue weighted by molar-refractivity contribution is 7.99. The zero-order chi connectivity index (χ0) is 30.9. The van der Waals surface area contributed by atoms with E-state index < -0.39 is 11.8 Å². The van der Waals surface area contributed by atoms with Crippen molar-refractivity contribution in [3.8, 4) is 5.75 Å². The van der Waals surface area contributed by atoms with Gasteiger partial charge in [0.1, 0.15) is 11.4 Å². The largest absolute Gasteiger partial charge is 0.494 e. The molecule has 0 saturated carbocycles. The fourth-order valence-electron chi connectivity index (χ4n) is 4.62. The molecule has 0 atom stereocenters. The molecule has 0 radical (unpaired) electrons. The van der Waals surface area contributed by atoms with Crippen molar-refractivity contribution in [3.05, 3.63) is 131 Å². The minimum absolute atomic E-state index is 0.0922. The Morgan fingerprint density at radius 3 is 2.09 bits per heavy atom. The van der Waals surface area contributed by atoms with Crippen molar-refractivity contribution >= 4 is 47.2 Å². The third-order valence-corrected chi connectivity index (χ3v) is 7.91. The van der Waals surface area contributed by atoms with E-state index in [2.05, 4.69) is 10.6 Å². The summed E-state index contributed by atoms with van der Waals surface area (Å²) < 4.78 is 5.50. The Labute approximate surface area is 260 Å². The average Bonchev–Trinajstić information content (AvgIpc) is 3.29. The molecule has 4 amide bonds. The van der Waals surface area contributed by atoms with Gasteiger partial charge in [0.2, 0.25) is 0 Å². The molecular formula is C35H31N3O5S. The van der Waals surface area contributed by atoms with Crippen LogP contribution in [0.25, 0.3) is 6.08 Å². The summed E-state index contributed by atoms with van der Waals surface area (Å²) in [6.07, 6.45) is 2.26. The molecule has 0 aliphatic carbocycles. The van der Waals surface area contributed by atoms with E-state index in [1.807, 2.05) is 37.3 Å². The van der Waals surface area contributed by atoms with E-state index in [4.69, 9.17) is 4.74 Å². The molecule has 5 rings (SSSR count). The van der Waals surface area contributed by atoms with Gasteiger partial charge in [0.25, 0.3) is 23.6 Å². The Kier molecular flexibility index (Phi) is 9.89. The number of carbonyl (C=O) groups is 4. The van der Waals surface area contributed by atoms with Crippen molar-refractivity contribution in [1.82, 2.24) is 10.2 Å². The van der Waals surface area contributed by atoms with E-state index in [0.29, 0.717) is 53.5 Å². The number of hydrogen-bond acceptors (Lipinski definition) is 6. The number of nitrogens with one attached hydrogen (secondary N) is 2. The summed E-state index contributed by atoms with van der Waals surface area (Å²) >= 11 is 1.60. The number of hydrogen-bond donors (Lipinski definition) is 2. The maximum absolute atomic E-state index is 13.3. The highest BCUT2D eigenvalue weighted by atomic mass is 32.2. The molecule has 0 spiro atoms. The molecule has 9 heteroatoms. The monoisotopic (exact) mass is 605 g/mol. The van der Waals surface area contributed by atoms with Gasteiger partial charge in [-0.3, -0.25) is 24.1 Å². The summed E-state index contributed by atoms with van der Waals surface area (Å²) in [7, 11) is 0. The van der Waals surface area contributed by atoms with Gasteiger partial charge in [0.15, 0.2) is 0 Å². The Hall–Kier alpha value is -5.15. The van der Waals surface area contributed by atoms with Crippen LogP contribution in [-0.2, 0) is 4.79 Å². The molecule has 8 nitrogen and oxygen atoms in total. The lowest BCUT2D eigenvalue weighted by atomic mass is 10.1. The van der Waals surface area contributed by atoms with Crippen molar-refractivity contribution < 1.29 is 23.9 Å². The molecule has 1 aliphatic heterocycles. The second-order valence-electron chi connectivity index (χ2n) is 9.87. The van der Waals surface area contributed by atoms with Crippen LogP contribution in [0.15, 0.2) is 114 Å². The minimum Gasteiger partial charge on any atom is -0.494 e. The fraction of sp³-hybridized carbons (Fsp3) is 0.143. The SMILES string of the molecule is CCOc1ccc(/C=C(\NC(=O)c2ccccc2)C(=O)Nc2ccc(SCCCN3C(=O)c4ccccc4C3=O)cc2)cc1. The van der Waals surface area contributed by atoms with Crippen LogP contribution in [0.1, 0.15) is 50.0 Å². The second-order valence-corrected chi connectivity index (χ2v) is 11.0.